The molecule has 6 nitrogen and oxygen atoms in total. The van der Waals surface area contributed by atoms with E-state index in [0.717, 1.165) is 38.9 Å². The summed E-state index contributed by atoms with van der Waals surface area (Å²) in [5.74, 6) is 0.291. The number of hydrogen-bond donors (Lipinski definition) is 2. The number of carbonyl (C=O) groups is 1. The predicted molar refractivity (Wildman–Crippen MR) is 68.2 cm³/mol. The summed E-state index contributed by atoms with van der Waals surface area (Å²) >= 11 is 0. The van der Waals surface area contributed by atoms with Crippen LogP contribution in [0.15, 0.2) is 6.33 Å². The molecule has 1 aliphatic rings. The fourth-order valence-corrected chi connectivity index (χ4v) is 2.26. The molecule has 1 aromatic rings. The number of nitrogens with one attached hydrogen (secondary N) is 2. The molecule has 0 aromatic carbocycles. The molecule has 0 radical (unpaired) electrons. The number of nitrogens with zero attached hydrogens (tertiary/aromatic N) is 3. The van der Waals surface area contributed by atoms with Gasteiger partial charge in [-0.2, -0.15) is 5.10 Å². The average molecular weight is 251 g/mol. The average Bonchev–Trinajstić information content (AvgIpc) is 3.06. The largest absolute Gasteiger partial charge is 0.334 e. The Morgan fingerprint density at radius 3 is 3.11 bits per heavy atom. The van der Waals surface area contributed by atoms with E-state index in [-0.39, 0.29) is 5.91 Å². The fourth-order valence-electron chi connectivity index (χ4n) is 2.26. The summed E-state index contributed by atoms with van der Waals surface area (Å²) in [4.78, 5) is 18.1. The van der Waals surface area contributed by atoms with Crippen LogP contribution < -0.4 is 5.32 Å². The highest BCUT2D eigenvalue weighted by molar-refractivity contribution is 5.90. The van der Waals surface area contributed by atoms with Crippen LogP contribution in [0.2, 0.25) is 0 Å². The number of rotatable bonds is 6. The molecule has 1 atom stereocenters. The number of hydrogen-bond acceptors (Lipinski definition) is 4. The van der Waals surface area contributed by atoms with Crippen LogP contribution in [0.25, 0.3) is 0 Å². The van der Waals surface area contributed by atoms with Crippen LogP contribution in [0.1, 0.15) is 43.2 Å². The minimum atomic E-state index is -0.0466. The monoisotopic (exact) mass is 251 g/mol. The molecule has 1 amide bonds. The molecule has 2 N–H and O–H groups in total. The van der Waals surface area contributed by atoms with Gasteiger partial charge in [-0.05, 0) is 25.8 Å². The zero-order chi connectivity index (χ0) is 12.8. The van der Waals surface area contributed by atoms with Crippen molar-refractivity contribution in [2.24, 2.45) is 0 Å². The SMILES string of the molecule is CCCCN(CC1CCCN1)C(=O)c1ncn[nH]1. The van der Waals surface area contributed by atoms with Crippen molar-refractivity contribution in [3.8, 4) is 0 Å². The summed E-state index contributed by atoms with van der Waals surface area (Å²) in [6.07, 6.45) is 5.82. The zero-order valence-electron chi connectivity index (χ0n) is 10.9. The Balaban J connectivity index is 1.96. The molecular weight excluding hydrogens is 230 g/mol. The van der Waals surface area contributed by atoms with Gasteiger partial charge in [0.1, 0.15) is 6.33 Å². The number of aromatic amines is 1. The third-order valence-electron chi connectivity index (χ3n) is 3.29. The topological polar surface area (TPSA) is 73.9 Å². The van der Waals surface area contributed by atoms with Gasteiger partial charge in [0, 0.05) is 19.1 Å². The van der Waals surface area contributed by atoms with Crippen molar-refractivity contribution >= 4 is 5.91 Å². The molecular formula is C12H21N5O. The molecule has 6 heteroatoms. The molecule has 0 saturated carbocycles. The van der Waals surface area contributed by atoms with E-state index in [0.29, 0.717) is 11.9 Å². The molecule has 1 unspecified atom stereocenters. The normalized spacial score (nSPS) is 19.1. The molecule has 2 rings (SSSR count). The minimum Gasteiger partial charge on any atom is -0.334 e. The first-order valence-electron chi connectivity index (χ1n) is 6.69. The maximum atomic E-state index is 12.3. The highest BCUT2D eigenvalue weighted by Gasteiger charge is 2.23. The Bertz CT molecular complexity index is 359. The van der Waals surface area contributed by atoms with Gasteiger partial charge >= 0.3 is 0 Å². The Labute approximate surface area is 107 Å². The van der Waals surface area contributed by atoms with Crippen molar-refractivity contribution in [2.45, 2.75) is 38.6 Å². The van der Waals surface area contributed by atoms with Crippen LogP contribution >= 0.6 is 0 Å². The van der Waals surface area contributed by atoms with Gasteiger partial charge in [-0.15, -0.1) is 0 Å². The third-order valence-corrected chi connectivity index (χ3v) is 3.29. The second-order valence-electron chi connectivity index (χ2n) is 4.73. The Morgan fingerprint density at radius 1 is 1.61 bits per heavy atom. The molecule has 1 fully saturated rings. The molecule has 1 aromatic heterocycles. The summed E-state index contributed by atoms with van der Waals surface area (Å²) in [6.45, 7) is 4.74. The standard InChI is InChI=1S/C12H21N5O/c1-2-3-7-17(8-10-5-4-6-13-10)12(18)11-14-9-15-16-11/h9-10,13H,2-8H2,1H3,(H,14,15,16). The lowest BCUT2D eigenvalue weighted by Crippen LogP contribution is -2.42. The van der Waals surface area contributed by atoms with Gasteiger partial charge in [0.15, 0.2) is 0 Å². The second kappa shape index (κ2) is 6.49. The molecule has 2 heterocycles. The van der Waals surface area contributed by atoms with Gasteiger partial charge in [0.05, 0.1) is 0 Å². The number of aromatic nitrogens is 3. The van der Waals surface area contributed by atoms with E-state index in [2.05, 4.69) is 27.4 Å². The number of H-pyrrole nitrogens is 1. The summed E-state index contributed by atoms with van der Waals surface area (Å²) < 4.78 is 0. The predicted octanol–water partition coefficient (Wildman–Crippen LogP) is 0.799. The van der Waals surface area contributed by atoms with Crippen LogP contribution in [0.5, 0.6) is 0 Å². The van der Waals surface area contributed by atoms with E-state index >= 15 is 0 Å². The van der Waals surface area contributed by atoms with Gasteiger partial charge in [-0.1, -0.05) is 13.3 Å². The van der Waals surface area contributed by atoms with Gasteiger partial charge in [0.2, 0.25) is 5.82 Å². The van der Waals surface area contributed by atoms with E-state index in [1.807, 2.05) is 4.90 Å². The zero-order valence-corrected chi connectivity index (χ0v) is 10.9. The van der Waals surface area contributed by atoms with E-state index < -0.39 is 0 Å². The van der Waals surface area contributed by atoms with Crippen molar-refractivity contribution in [2.75, 3.05) is 19.6 Å². The molecule has 1 aliphatic heterocycles. The van der Waals surface area contributed by atoms with Crippen molar-refractivity contribution in [1.82, 2.24) is 25.4 Å². The fraction of sp³-hybridized carbons (Fsp3) is 0.750. The molecule has 100 valence electrons. The summed E-state index contributed by atoms with van der Waals surface area (Å²) in [6, 6.07) is 0.425. The number of amides is 1. The number of unbranched alkanes of at least 4 members (excludes halogenated alkanes) is 1. The highest BCUT2D eigenvalue weighted by Crippen LogP contribution is 2.09. The lowest BCUT2D eigenvalue weighted by Gasteiger charge is -2.24. The maximum Gasteiger partial charge on any atom is 0.291 e. The second-order valence-corrected chi connectivity index (χ2v) is 4.73. The number of carbonyl (C=O) groups excluding carboxylic acids is 1. The molecule has 1 saturated heterocycles. The van der Waals surface area contributed by atoms with Crippen LogP contribution in [-0.2, 0) is 0 Å². The van der Waals surface area contributed by atoms with Gasteiger partial charge in [-0.3, -0.25) is 9.89 Å². The first kappa shape index (κ1) is 13.0. The lowest BCUT2D eigenvalue weighted by atomic mass is 10.2. The van der Waals surface area contributed by atoms with Gasteiger partial charge in [0.25, 0.3) is 5.91 Å². The Morgan fingerprint density at radius 2 is 2.50 bits per heavy atom. The van der Waals surface area contributed by atoms with Crippen LogP contribution in [0.3, 0.4) is 0 Å². The Kier molecular flexibility index (Phi) is 4.69. The first-order valence-corrected chi connectivity index (χ1v) is 6.69. The summed E-state index contributed by atoms with van der Waals surface area (Å²) in [5, 5.41) is 9.81. The minimum absolute atomic E-state index is 0.0466. The van der Waals surface area contributed by atoms with E-state index in [1.165, 1.54) is 12.7 Å². The van der Waals surface area contributed by atoms with E-state index in [9.17, 15) is 4.79 Å². The van der Waals surface area contributed by atoms with Gasteiger partial charge < -0.3 is 10.2 Å². The third kappa shape index (κ3) is 3.29. The molecule has 0 bridgehead atoms. The smallest absolute Gasteiger partial charge is 0.291 e. The summed E-state index contributed by atoms with van der Waals surface area (Å²) in [5.41, 5.74) is 0. The van der Waals surface area contributed by atoms with E-state index in [1.54, 1.807) is 0 Å². The maximum absolute atomic E-state index is 12.3. The molecule has 0 spiro atoms. The quantitative estimate of drug-likeness (QED) is 0.784. The summed E-state index contributed by atoms with van der Waals surface area (Å²) in [7, 11) is 0. The highest BCUT2D eigenvalue weighted by atomic mass is 16.2. The molecule has 0 aliphatic carbocycles. The van der Waals surface area contributed by atoms with E-state index in [4.69, 9.17) is 0 Å². The van der Waals surface area contributed by atoms with Gasteiger partial charge in [-0.25, -0.2) is 4.98 Å². The van der Waals surface area contributed by atoms with Crippen LogP contribution in [-0.4, -0.2) is 51.7 Å². The van der Waals surface area contributed by atoms with Crippen molar-refractivity contribution in [3.63, 3.8) is 0 Å². The lowest BCUT2D eigenvalue weighted by molar-refractivity contribution is 0.0727. The Hall–Kier alpha value is -1.43. The van der Waals surface area contributed by atoms with Crippen LogP contribution in [0, 0.1) is 0 Å². The van der Waals surface area contributed by atoms with Crippen molar-refractivity contribution in [3.05, 3.63) is 12.2 Å². The van der Waals surface area contributed by atoms with Crippen molar-refractivity contribution < 1.29 is 4.79 Å². The molecule has 18 heavy (non-hydrogen) atoms. The van der Waals surface area contributed by atoms with Crippen molar-refractivity contribution in [1.29, 1.82) is 0 Å². The van der Waals surface area contributed by atoms with Crippen LogP contribution in [0.4, 0.5) is 0 Å². The first-order chi connectivity index (χ1) is 8.81.